The molecule has 0 fully saturated rings. The average Bonchev–Trinajstić information content (AvgIpc) is 1.31. The second kappa shape index (κ2) is 2.79. The van der Waals surface area contributed by atoms with Gasteiger partial charge in [0, 0.05) is 0 Å². The first-order valence-corrected chi connectivity index (χ1v) is 10.8. The third kappa shape index (κ3) is 3.92. The molecule has 3 heteroatoms. The van der Waals surface area contributed by atoms with Gasteiger partial charge in [0.15, 0.2) is 0 Å². The molecule has 43 valence electrons. The summed E-state index contributed by atoms with van der Waals surface area (Å²) in [6.45, 7) is 6.26. The van der Waals surface area contributed by atoms with Crippen LogP contribution in [-0.4, -0.2) is 17.5 Å². The molecule has 0 N–H and O–H groups in total. The van der Waals surface area contributed by atoms with Crippen molar-refractivity contribution in [3.8, 4) is 0 Å². The molecule has 0 bridgehead atoms. The fourth-order valence-corrected chi connectivity index (χ4v) is 0. The Balaban J connectivity index is 3.54. The van der Waals surface area contributed by atoms with Gasteiger partial charge >= 0.3 is 59.6 Å². The van der Waals surface area contributed by atoms with Crippen LogP contribution in [0.5, 0.6) is 0 Å². The molecule has 0 saturated heterocycles. The molecule has 7 heavy (non-hydrogen) atoms. The molecule has 0 aliphatic carbocycles. The van der Waals surface area contributed by atoms with Gasteiger partial charge in [-0.1, -0.05) is 0 Å². The Morgan fingerprint density at radius 1 is 1.14 bits per heavy atom. The van der Waals surface area contributed by atoms with E-state index in [0.29, 0.717) is 0 Å². The minimum absolute atomic E-state index is 0.228. The van der Waals surface area contributed by atoms with Gasteiger partial charge < -0.3 is 0 Å². The van der Waals surface area contributed by atoms with Gasteiger partial charge in [0.05, 0.1) is 0 Å². The quantitative estimate of drug-likeness (QED) is 0.577. The molecule has 0 rings (SSSR count). The Bertz CT molecular complexity index is 55.2. The number of rotatable bonds is 0. The molecule has 0 amide bonds. The van der Waals surface area contributed by atoms with Crippen molar-refractivity contribution in [2.45, 2.75) is 24.2 Å². The van der Waals surface area contributed by atoms with Crippen LogP contribution in [-0.2, 0) is 0 Å². The van der Waals surface area contributed by atoms with Gasteiger partial charge in [0.2, 0.25) is 0 Å². The van der Waals surface area contributed by atoms with Crippen molar-refractivity contribution in [3.05, 3.63) is 0 Å². The zero-order valence-corrected chi connectivity index (χ0v) is 9.12. The molecular formula is C4H9Cl2Sn. The molecule has 0 atom stereocenters. The van der Waals surface area contributed by atoms with Gasteiger partial charge in [-0.15, -0.1) is 0 Å². The van der Waals surface area contributed by atoms with Crippen LogP contribution in [0.15, 0.2) is 0 Å². The molecule has 0 aliphatic heterocycles. The molecule has 0 aromatic carbocycles. The fourth-order valence-electron chi connectivity index (χ4n) is 0. The van der Waals surface area contributed by atoms with E-state index in [-0.39, 0.29) is 3.43 Å². The van der Waals surface area contributed by atoms with E-state index in [1.54, 1.807) is 0 Å². The van der Waals surface area contributed by atoms with Crippen molar-refractivity contribution >= 4 is 35.3 Å². The standard InChI is InChI=1S/C4H9.2ClH.Sn/c1-4(2)3;;;/h1-3H3;2*1H;/q;;;+2/p-2. The first-order chi connectivity index (χ1) is 2.94. The predicted octanol–water partition coefficient (Wildman–Crippen LogP) is 2.75. The molecule has 0 spiro atoms. The van der Waals surface area contributed by atoms with E-state index in [1.807, 2.05) is 0 Å². The van der Waals surface area contributed by atoms with E-state index in [4.69, 9.17) is 17.8 Å². The Labute approximate surface area is 59.4 Å². The molecule has 0 aromatic rings. The van der Waals surface area contributed by atoms with Gasteiger partial charge in [-0.2, -0.15) is 0 Å². The summed E-state index contributed by atoms with van der Waals surface area (Å²) in [5.74, 6) is 0. The summed E-state index contributed by atoms with van der Waals surface area (Å²) in [4.78, 5) is 0. The maximum atomic E-state index is 5.72. The Hall–Kier alpha value is 1.38. The van der Waals surface area contributed by atoms with Gasteiger partial charge in [0.1, 0.15) is 0 Å². The van der Waals surface area contributed by atoms with Crippen LogP contribution in [0.3, 0.4) is 0 Å². The van der Waals surface area contributed by atoms with E-state index >= 15 is 0 Å². The summed E-state index contributed by atoms with van der Waals surface area (Å²) in [6, 6.07) is 0. The third-order valence-electron chi connectivity index (χ3n) is 0.567. The van der Waals surface area contributed by atoms with E-state index < -0.39 is 17.5 Å². The van der Waals surface area contributed by atoms with Crippen molar-refractivity contribution in [2.24, 2.45) is 0 Å². The van der Waals surface area contributed by atoms with E-state index in [2.05, 4.69) is 20.8 Å². The van der Waals surface area contributed by atoms with Crippen molar-refractivity contribution in [1.29, 1.82) is 0 Å². The van der Waals surface area contributed by atoms with Crippen LogP contribution < -0.4 is 0 Å². The summed E-state index contributed by atoms with van der Waals surface area (Å²) in [6.07, 6.45) is 0. The second-order valence-electron chi connectivity index (χ2n) is 2.51. The van der Waals surface area contributed by atoms with Crippen LogP contribution in [0.4, 0.5) is 0 Å². The van der Waals surface area contributed by atoms with Gasteiger partial charge in [-0.25, -0.2) is 0 Å². The molecule has 0 nitrogen and oxygen atoms in total. The maximum absolute atomic E-state index is 5.72. The summed E-state index contributed by atoms with van der Waals surface area (Å²) >= 11 is -1.90. The van der Waals surface area contributed by atoms with Crippen LogP contribution in [0.25, 0.3) is 0 Å². The predicted molar refractivity (Wildman–Crippen MR) is 37.2 cm³/mol. The fraction of sp³-hybridized carbons (Fsp3) is 1.00. The van der Waals surface area contributed by atoms with Gasteiger partial charge in [-0.05, 0) is 0 Å². The number of hydrogen-bond acceptors (Lipinski definition) is 0. The van der Waals surface area contributed by atoms with Crippen molar-refractivity contribution < 1.29 is 0 Å². The normalized spacial score (nSPS) is 12.9. The molecule has 0 aromatic heterocycles. The van der Waals surface area contributed by atoms with E-state index in [1.165, 1.54) is 0 Å². The molecule has 0 heterocycles. The SMILES string of the molecule is C[C](C)(C)[Sn]([Cl])[Cl]. The van der Waals surface area contributed by atoms with E-state index in [0.717, 1.165) is 0 Å². The van der Waals surface area contributed by atoms with E-state index in [9.17, 15) is 0 Å². The first-order valence-electron chi connectivity index (χ1n) is 2.13. The van der Waals surface area contributed by atoms with Crippen molar-refractivity contribution in [3.63, 3.8) is 0 Å². The Morgan fingerprint density at radius 3 is 1.29 bits per heavy atom. The Kier molecular flexibility index (Phi) is 3.34. The van der Waals surface area contributed by atoms with Crippen molar-refractivity contribution in [1.82, 2.24) is 0 Å². The van der Waals surface area contributed by atoms with Crippen LogP contribution in [0.1, 0.15) is 20.8 Å². The van der Waals surface area contributed by atoms with Crippen molar-refractivity contribution in [2.75, 3.05) is 0 Å². The van der Waals surface area contributed by atoms with Crippen LogP contribution in [0, 0.1) is 0 Å². The number of halogens is 2. The van der Waals surface area contributed by atoms with Crippen LogP contribution >= 0.6 is 17.8 Å². The summed E-state index contributed by atoms with van der Waals surface area (Å²) in [5.41, 5.74) is 0. The minimum atomic E-state index is -1.90. The molecule has 1 radical (unpaired) electrons. The molecule has 0 aliphatic rings. The third-order valence-corrected chi connectivity index (χ3v) is 11.4. The monoisotopic (exact) mass is 247 g/mol. The molecule has 0 unspecified atom stereocenters. The zero-order chi connectivity index (χ0) is 6.08. The average molecular weight is 247 g/mol. The second-order valence-corrected chi connectivity index (χ2v) is 14.6. The Morgan fingerprint density at radius 2 is 1.29 bits per heavy atom. The van der Waals surface area contributed by atoms with Gasteiger partial charge in [0.25, 0.3) is 0 Å². The summed E-state index contributed by atoms with van der Waals surface area (Å²) in [7, 11) is 11.4. The zero-order valence-electron chi connectivity index (χ0n) is 4.76. The topological polar surface area (TPSA) is 0 Å². The summed E-state index contributed by atoms with van der Waals surface area (Å²) < 4.78 is 0.228. The first kappa shape index (κ1) is 8.38. The number of hydrogen-bond donors (Lipinski definition) is 0. The van der Waals surface area contributed by atoms with Crippen LogP contribution in [0.2, 0.25) is 3.43 Å². The molecular weight excluding hydrogens is 238 g/mol. The summed E-state index contributed by atoms with van der Waals surface area (Å²) in [5, 5.41) is 0. The molecule has 0 saturated carbocycles. The van der Waals surface area contributed by atoms with Gasteiger partial charge in [-0.3, -0.25) is 0 Å².